The number of nitrogens with one attached hydrogen (secondary N) is 1. The van der Waals surface area contributed by atoms with E-state index in [0.717, 1.165) is 22.4 Å². The third-order valence-corrected chi connectivity index (χ3v) is 7.83. The average molecular weight is 513 g/mol. The summed E-state index contributed by atoms with van der Waals surface area (Å²) in [6.45, 7) is 1.57. The predicted octanol–water partition coefficient (Wildman–Crippen LogP) is 5.85. The van der Waals surface area contributed by atoms with Gasteiger partial charge in [-0.25, -0.2) is 0 Å². The summed E-state index contributed by atoms with van der Waals surface area (Å²) in [5, 5.41) is 4.86. The molecule has 0 saturated heterocycles. The molecule has 3 heterocycles. The lowest BCUT2D eigenvalue weighted by atomic mass is 9.88. The van der Waals surface area contributed by atoms with Gasteiger partial charge in [0.15, 0.2) is 5.76 Å². The highest BCUT2D eigenvalue weighted by molar-refractivity contribution is 7.12. The molecule has 1 unspecified atom stereocenters. The van der Waals surface area contributed by atoms with E-state index < -0.39 is 0 Å². The smallest absolute Gasteiger partial charge is 0.287 e. The van der Waals surface area contributed by atoms with Crippen molar-refractivity contribution >= 4 is 23.2 Å². The molecule has 0 radical (unpaired) electrons. The van der Waals surface area contributed by atoms with Gasteiger partial charge in [0.05, 0.1) is 10.9 Å². The number of hydrogen-bond acceptors (Lipinski definition) is 5. The van der Waals surface area contributed by atoms with Crippen molar-refractivity contribution in [2.45, 2.75) is 31.9 Å². The lowest BCUT2D eigenvalue weighted by Gasteiger charge is -2.37. The second-order valence-electron chi connectivity index (χ2n) is 9.61. The van der Waals surface area contributed by atoms with Gasteiger partial charge in [-0.1, -0.05) is 42.5 Å². The maximum absolute atomic E-state index is 13.5. The number of fused-ring (bicyclic) bond motifs is 1. The summed E-state index contributed by atoms with van der Waals surface area (Å²) in [5.41, 5.74) is 3.35. The molecule has 1 N–H and O–H groups in total. The molecule has 188 valence electrons. The third-order valence-electron chi connectivity index (χ3n) is 6.97. The van der Waals surface area contributed by atoms with Gasteiger partial charge in [0.25, 0.3) is 11.8 Å². The van der Waals surface area contributed by atoms with Gasteiger partial charge in [-0.2, -0.15) is 0 Å². The molecule has 2 aromatic carbocycles. The van der Waals surface area contributed by atoms with E-state index in [-0.39, 0.29) is 24.5 Å². The molecule has 1 aliphatic heterocycles. The molecule has 6 rings (SSSR count). The van der Waals surface area contributed by atoms with E-state index in [1.165, 1.54) is 29.7 Å². The minimum atomic E-state index is -0.200. The fourth-order valence-electron chi connectivity index (χ4n) is 4.82. The molecule has 0 bridgehead atoms. The Hall–Kier alpha value is -3.84. The normalized spacial score (nSPS) is 16.8. The number of furan rings is 1. The number of rotatable bonds is 8. The van der Waals surface area contributed by atoms with Crippen LogP contribution in [0.1, 0.15) is 61.6 Å². The molecule has 1 saturated carbocycles. The van der Waals surface area contributed by atoms with Crippen LogP contribution in [0.2, 0.25) is 0 Å². The number of amides is 2. The molecular formula is C30H28N2O4S. The van der Waals surface area contributed by atoms with E-state index >= 15 is 0 Å². The van der Waals surface area contributed by atoms with Crippen LogP contribution >= 0.6 is 11.3 Å². The number of benzene rings is 2. The summed E-state index contributed by atoms with van der Waals surface area (Å²) < 4.78 is 11.8. The number of nitrogens with zero attached hydrogens (tertiary/aromatic N) is 1. The number of hydrogen-bond donors (Lipinski definition) is 1. The monoisotopic (exact) mass is 512 g/mol. The minimum absolute atomic E-state index is 0.0453. The second-order valence-corrected chi connectivity index (χ2v) is 10.6. The van der Waals surface area contributed by atoms with Gasteiger partial charge >= 0.3 is 0 Å². The van der Waals surface area contributed by atoms with Crippen LogP contribution in [0.25, 0.3) is 0 Å². The Bertz CT molecular complexity index is 1390. The van der Waals surface area contributed by atoms with Crippen molar-refractivity contribution in [2.24, 2.45) is 5.92 Å². The Morgan fingerprint density at radius 3 is 2.68 bits per heavy atom. The fraction of sp³-hybridized carbons (Fsp3) is 0.267. The number of carbonyl (C=O) groups is 2. The summed E-state index contributed by atoms with van der Waals surface area (Å²) in [7, 11) is 0. The first-order chi connectivity index (χ1) is 18.2. The zero-order chi connectivity index (χ0) is 25.2. The topological polar surface area (TPSA) is 71.8 Å². The molecule has 1 fully saturated rings. The molecule has 2 amide bonds. The maximum Gasteiger partial charge on any atom is 0.287 e. The summed E-state index contributed by atoms with van der Waals surface area (Å²) in [6.07, 6.45) is 3.15. The third kappa shape index (κ3) is 5.18. The van der Waals surface area contributed by atoms with Crippen molar-refractivity contribution in [3.05, 3.63) is 111 Å². The van der Waals surface area contributed by atoms with Gasteiger partial charge in [0, 0.05) is 13.1 Å². The first-order valence-electron chi connectivity index (χ1n) is 12.7. The lowest BCUT2D eigenvalue weighted by molar-refractivity contribution is 0.0699. The number of thiophene rings is 1. The summed E-state index contributed by atoms with van der Waals surface area (Å²) in [5.74, 6) is 2.06. The Morgan fingerprint density at radius 2 is 1.89 bits per heavy atom. The first-order valence-corrected chi connectivity index (χ1v) is 13.6. The standard InChI is InChI=1S/C30H28N2O4S/c33-29(31-18-20-8-9-20)26-13-12-24(36-26)19-35-23-11-10-21-14-15-32(30(34)27-7-4-16-37-27)28(25(21)17-23)22-5-2-1-3-6-22/h1-7,10-13,16-17,20,28H,8-9,14-15,18-19H2,(H,31,33). The van der Waals surface area contributed by atoms with E-state index in [2.05, 4.69) is 23.5 Å². The Labute approximate surface area is 219 Å². The molecule has 4 aromatic rings. The van der Waals surface area contributed by atoms with Crippen LogP contribution in [-0.4, -0.2) is 29.8 Å². The first kappa shape index (κ1) is 23.6. The fourth-order valence-corrected chi connectivity index (χ4v) is 5.50. The van der Waals surface area contributed by atoms with E-state index in [4.69, 9.17) is 9.15 Å². The van der Waals surface area contributed by atoms with Crippen molar-refractivity contribution in [2.75, 3.05) is 13.1 Å². The van der Waals surface area contributed by atoms with Gasteiger partial charge in [-0.3, -0.25) is 9.59 Å². The van der Waals surface area contributed by atoms with E-state index in [9.17, 15) is 9.59 Å². The molecule has 2 aromatic heterocycles. The van der Waals surface area contributed by atoms with Crippen LogP contribution in [0.3, 0.4) is 0 Å². The molecule has 1 atom stereocenters. The minimum Gasteiger partial charge on any atom is -0.486 e. The second kappa shape index (κ2) is 10.3. The van der Waals surface area contributed by atoms with Crippen LogP contribution in [0.5, 0.6) is 5.75 Å². The van der Waals surface area contributed by atoms with Gasteiger partial charge in [-0.05, 0) is 77.6 Å². The molecule has 1 aliphatic carbocycles. The largest absolute Gasteiger partial charge is 0.486 e. The van der Waals surface area contributed by atoms with Crippen molar-refractivity contribution in [3.8, 4) is 5.75 Å². The van der Waals surface area contributed by atoms with Crippen LogP contribution in [-0.2, 0) is 13.0 Å². The van der Waals surface area contributed by atoms with Crippen LogP contribution in [0.15, 0.2) is 82.6 Å². The molecule has 0 spiro atoms. The molecule has 6 nitrogen and oxygen atoms in total. The van der Waals surface area contributed by atoms with Crippen molar-refractivity contribution in [1.82, 2.24) is 10.2 Å². The van der Waals surface area contributed by atoms with E-state index in [1.807, 2.05) is 52.7 Å². The van der Waals surface area contributed by atoms with Gasteiger partial charge in [-0.15, -0.1) is 11.3 Å². The Morgan fingerprint density at radius 1 is 1.03 bits per heavy atom. The molecule has 7 heteroatoms. The quantitative estimate of drug-likeness (QED) is 0.322. The molecular weight excluding hydrogens is 484 g/mol. The highest BCUT2D eigenvalue weighted by Gasteiger charge is 2.33. The molecule has 2 aliphatic rings. The van der Waals surface area contributed by atoms with Crippen LogP contribution < -0.4 is 10.1 Å². The SMILES string of the molecule is O=C(NCC1CC1)c1ccc(COc2ccc3c(c2)C(c2ccccc2)N(C(=O)c2cccs2)CC3)o1. The van der Waals surface area contributed by atoms with E-state index in [1.54, 1.807) is 12.1 Å². The zero-order valence-electron chi connectivity index (χ0n) is 20.4. The molecule has 37 heavy (non-hydrogen) atoms. The van der Waals surface area contributed by atoms with Crippen molar-refractivity contribution in [1.29, 1.82) is 0 Å². The summed E-state index contributed by atoms with van der Waals surface area (Å²) in [6, 6.07) is 23.3. The van der Waals surface area contributed by atoms with Crippen LogP contribution in [0, 0.1) is 5.92 Å². The van der Waals surface area contributed by atoms with E-state index in [0.29, 0.717) is 36.3 Å². The highest BCUT2D eigenvalue weighted by Crippen LogP contribution is 2.38. The lowest BCUT2D eigenvalue weighted by Crippen LogP contribution is -2.40. The van der Waals surface area contributed by atoms with Gasteiger partial charge in [0.2, 0.25) is 0 Å². The van der Waals surface area contributed by atoms with Crippen LogP contribution in [0.4, 0.5) is 0 Å². The predicted molar refractivity (Wildman–Crippen MR) is 142 cm³/mol. The highest BCUT2D eigenvalue weighted by atomic mass is 32.1. The number of ether oxygens (including phenoxy) is 1. The van der Waals surface area contributed by atoms with Gasteiger partial charge in [0.1, 0.15) is 18.1 Å². The zero-order valence-corrected chi connectivity index (χ0v) is 21.2. The average Bonchev–Trinajstić information content (AvgIpc) is 3.38. The maximum atomic E-state index is 13.5. The Kier molecular flexibility index (Phi) is 6.53. The van der Waals surface area contributed by atoms with Crippen molar-refractivity contribution in [3.63, 3.8) is 0 Å². The summed E-state index contributed by atoms with van der Waals surface area (Å²) >= 11 is 1.47. The number of carbonyl (C=O) groups excluding carboxylic acids is 2. The van der Waals surface area contributed by atoms with Gasteiger partial charge < -0.3 is 19.4 Å². The van der Waals surface area contributed by atoms with Crippen molar-refractivity contribution < 1.29 is 18.7 Å². The summed E-state index contributed by atoms with van der Waals surface area (Å²) in [4.78, 5) is 28.5. The Balaban J connectivity index is 1.22.